The Balaban J connectivity index is 1.58. The van der Waals surface area contributed by atoms with Gasteiger partial charge < -0.3 is 19.7 Å². The van der Waals surface area contributed by atoms with Crippen LogP contribution in [0.2, 0.25) is 0 Å². The van der Waals surface area contributed by atoms with Crippen LogP contribution in [0.5, 0.6) is 11.5 Å². The summed E-state index contributed by atoms with van der Waals surface area (Å²) in [5.74, 6) is 1.91. The van der Waals surface area contributed by atoms with E-state index in [9.17, 15) is 4.79 Å². The molecule has 0 aromatic heterocycles. The summed E-state index contributed by atoms with van der Waals surface area (Å²) in [5.41, 5.74) is 3.23. The first-order chi connectivity index (χ1) is 14.5. The molecule has 160 valence electrons. The summed E-state index contributed by atoms with van der Waals surface area (Å²) in [6.45, 7) is 6.55. The molecule has 0 radical (unpaired) electrons. The number of amides is 1. The number of hydrogen-bond acceptors (Lipinski definition) is 4. The van der Waals surface area contributed by atoms with Crippen LogP contribution in [-0.4, -0.2) is 33.2 Å². The van der Waals surface area contributed by atoms with E-state index in [1.54, 1.807) is 26.4 Å². The highest BCUT2D eigenvalue weighted by Gasteiger charge is 2.17. The lowest BCUT2D eigenvalue weighted by Gasteiger charge is -2.33. The molecule has 2 atom stereocenters. The lowest BCUT2D eigenvalue weighted by atomic mass is 9.99. The van der Waals surface area contributed by atoms with E-state index >= 15 is 0 Å². The van der Waals surface area contributed by atoms with Crippen molar-refractivity contribution in [3.63, 3.8) is 0 Å². The highest BCUT2D eigenvalue weighted by atomic mass is 16.5. The Hall–Kier alpha value is -2.95. The van der Waals surface area contributed by atoms with E-state index in [4.69, 9.17) is 9.47 Å². The number of rotatable bonds is 7. The molecule has 1 saturated heterocycles. The van der Waals surface area contributed by atoms with Crippen LogP contribution in [0.25, 0.3) is 6.08 Å². The van der Waals surface area contributed by atoms with Gasteiger partial charge >= 0.3 is 0 Å². The Morgan fingerprint density at radius 3 is 2.53 bits per heavy atom. The van der Waals surface area contributed by atoms with Crippen molar-refractivity contribution in [2.45, 2.75) is 32.7 Å². The smallest absolute Gasteiger partial charge is 0.244 e. The molecular weight excluding hydrogens is 376 g/mol. The van der Waals surface area contributed by atoms with E-state index in [-0.39, 0.29) is 11.9 Å². The van der Waals surface area contributed by atoms with Gasteiger partial charge in [-0.15, -0.1) is 0 Å². The maximum Gasteiger partial charge on any atom is 0.244 e. The molecule has 1 N–H and O–H groups in total. The molecule has 1 aliphatic heterocycles. The highest BCUT2D eigenvalue weighted by molar-refractivity contribution is 5.92. The van der Waals surface area contributed by atoms with Gasteiger partial charge in [-0.3, -0.25) is 4.79 Å². The minimum atomic E-state index is -0.133. The summed E-state index contributed by atoms with van der Waals surface area (Å²) in [4.78, 5) is 14.8. The van der Waals surface area contributed by atoms with Crippen molar-refractivity contribution in [1.29, 1.82) is 0 Å². The number of methoxy groups -OCH3 is 2. The molecule has 1 amide bonds. The molecule has 2 aromatic carbocycles. The van der Waals surface area contributed by atoms with Crippen LogP contribution in [0.1, 0.15) is 43.9 Å². The fourth-order valence-electron chi connectivity index (χ4n) is 3.87. The van der Waals surface area contributed by atoms with Gasteiger partial charge in [0.15, 0.2) is 11.5 Å². The molecule has 5 heteroatoms. The van der Waals surface area contributed by atoms with Crippen molar-refractivity contribution in [3.05, 3.63) is 59.7 Å². The fraction of sp³-hybridized carbons (Fsp3) is 0.400. The molecular formula is C25H32N2O3. The van der Waals surface area contributed by atoms with E-state index in [2.05, 4.69) is 41.4 Å². The highest BCUT2D eigenvalue weighted by Crippen LogP contribution is 2.28. The van der Waals surface area contributed by atoms with Crippen LogP contribution in [0, 0.1) is 5.92 Å². The Bertz CT molecular complexity index is 876. The molecule has 0 bridgehead atoms. The molecule has 1 heterocycles. The maximum atomic E-state index is 12.4. The number of ether oxygens (including phenoxy) is 2. The SMILES string of the molecule is COc1ccc(/C=C/C(=O)N[C@@H](C)c2ccc(N3CCC[C@@H](C)C3)cc2)cc1OC. The van der Waals surface area contributed by atoms with E-state index < -0.39 is 0 Å². The molecule has 0 saturated carbocycles. The molecule has 2 aromatic rings. The standard InChI is InChI=1S/C25H32N2O3/c1-18-6-5-15-27(17-18)22-11-9-21(10-12-22)19(2)26-25(28)14-8-20-7-13-23(29-3)24(16-20)30-4/h7-14,16,18-19H,5-6,15,17H2,1-4H3,(H,26,28)/b14-8+/t18-,19+/m1/s1. The predicted octanol–water partition coefficient (Wildman–Crippen LogP) is 4.83. The van der Waals surface area contributed by atoms with Gasteiger partial charge in [0, 0.05) is 24.9 Å². The zero-order valence-corrected chi connectivity index (χ0v) is 18.4. The molecule has 0 aliphatic carbocycles. The van der Waals surface area contributed by atoms with Crippen LogP contribution in [-0.2, 0) is 4.79 Å². The van der Waals surface area contributed by atoms with E-state index in [0.29, 0.717) is 11.5 Å². The largest absolute Gasteiger partial charge is 0.493 e. The Morgan fingerprint density at radius 2 is 1.87 bits per heavy atom. The van der Waals surface area contributed by atoms with Crippen LogP contribution < -0.4 is 19.7 Å². The van der Waals surface area contributed by atoms with E-state index in [0.717, 1.165) is 30.1 Å². The van der Waals surface area contributed by atoms with Crippen molar-refractivity contribution >= 4 is 17.7 Å². The quantitative estimate of drug-likeness (QED) is 0.667. The summed E-state index contributed by atoms with van der Waals surface area (Å²) in [6.07, 6.45) is 5.88. The monoisotopic (exact) mass is 408 g/mol. The van der Waals surface area contributed by atoms with Crippen LogP contribution in [0.4, 0.5) is 5.69 Å². The van der Waals surface area contributed by atoms with Crippen LogP contribution in [0.15, 0.2) is 48.5 Å². The third kappa shape index (κ3) is 5.56. The molecule has 3 rings (SSSR count). The minimum Gasteiger partial charge on any atom is -0.493 e. The number of piperidine rings is 1. The van der Waals surface area contributed by atoms with Gasteiger partial charge in [-0.05, 0) is 67.2 Å². The summed E-state index contributed by atoms with van der Waals surface area (Å²) < 4.78 is 10.5. The van der Waals surface area contributed by atoms with Crippen molar-refractivity contribution in [2.24, 2.45) is 5.92 Å². The number of hydrogen-bond donors (Lipinski definition) is 1. The number of benzene rings is 2. The average molecular weight is 409 g/mol. The Morgan fingerprint density at radius 1 is 1.13 bits per heavy atom. The van der Waals surface area contributed by atoms with E-state index in [1.165, 1.54) is 18.5 Å². The first kappa shape index (κ1) is 21.8. The first-order valence-electron chi connectivity index (χ1n) is 10.6. The van der Waals surface area contributed by atoms with Gasteiger partial charge in [0.05, 0.1) is 20.3 Å². The third-order valence-corrected chi connectivity index (χ3v) is 5.61. The number of anilines is 1. The number of carbonyl (C=O) groups excluding carboxylic acids is 1. The molecule has 1 fully saturated rings. The maximum absolute atomic E-state index is 12.4. The topological polar surface area (TPSA) is 50.8 Å². The lowest BCUT2D eigenvalue weighted by Crippen LogP contribution is -2.34. The minimum absolute atomic E-state index is 0.0677. The van der Waals surface area contributed by atoms with Crippen molar-refractivity contribution in [1.82, 2.24) is 5.32 Å². The zero-order chi connectivity index (χ0) is 21.5. The molecule has 1 aliphatic rings. The summed E-state index contributed by atoms with van der Waals surface area (Å²) in [7, 11) is 3.19. The van der Waals surface area contributed by atoms with Gasteiger partial charge in [-0.25, -0.2) is 0 Å². The van der Waals surface area contributed by atoms with Crippen LogP contribution >= 0.6 is 0 Å². The number of nitrogens with zero attached hydrogens (tertiary/aromatic N) is 1. The second kappa shape index (κ2) is 10.2. The lowest BCUT2D eigenvalue weighted by molar-refractivity contribution is -0.117. The van der Waals surface area contributed by atoms with Crippen molar-refractivity contribution in [2.75, 3.05) is 32.2 Å². The summed E-state index contributed by atoms with van der Waals surface area (Å²) in [5, 5.41) is 3.03. The second-order valence-corrected chi connectivity index (χ2v) is 7.96. The van der Waals surface area contributed by atoms with Gasteiger partial charge in [0.2, 0.25) is 5.91 Å². The fourth-order valence-corrected chi connectivity index (χ4v) is 3.87. The summed E-state index contributed by atoms with van der Waals surface area (Å²) in [6, 6.07) is 14.0. The third-order valence-electron chi connectivity index (χ3n) is 5.61. The second-order valence-electron chi connectivity index (χ2n) is 7.96. The normalized spacial score (nSPS) is 17.6. The Kier molecular flexibility index (Phi) is 7.39. The predicted molar refractivity (Wildman–Crippen MR) is 122 cm³/mol. The first-order valence-corrected chi connectivity index (χ1v) is 10.6. The number of carbonyl (C=O) groups is 1. The van der Waals surface area contributed by atoms with Gasteiger partial charge in [0.1, 0.15) is 0 Å². The van der Waals surface area contributed by atoms with Crippen LogP contribution in [0.3, 0.4) is 0 Å². The molecule has 0 spiro atoms. The zero-order valence-electron chi connectivity index (χ0n) is 18.4. The van der Waals surface area contributed by atoms with Crippen molar-refractivity contribution < 1.29 is 14.3 Å². The number of nitrogens with one attached hydrogen (secondary N) is 1. The molecule has 0 unspecified atom stereocenters. The summed E-state index contributed by atoms with van der Waals surface area (Å²) >= 11 is 0. The Labute approximate surface area is 179 Å². The van der Waals surface area contributed by atoms with Gasteiger partial charge in [-0.2, -0.15) is 0 Å². The van der Waals surface area contributed by atoms with E-state index in [1.807, 2.05) is 25.1 Å². The molecule has 5 nitrogen and oxygen atoms in total. The average Bonchev–Trinajstić information content (AvgIpc) is 2.77. The molecule has 30 heavy (non-hydrogen) atoms. The van der Waals surface area contributed by atoms with Gasteiger partial charge in [0.25, 0.3) is 0 Å². The van der Waals surface area contributed by atoms with Crippen molar-refractivity contribution in [3.8, 4) is 11.5 Å². The van der Waals surface area contributed by atoms with Gasteiger partial charge in [-0.1, -0.05) is 25.1 Å².